The van der Waals surface area contributed by atoms with Gasteiger partial charge in [-0.25, -0.2) is 0 Å². The van der Waals surface area contributed by atoms with E-state index in [9.17, 15) is 0 Å². The van der Waals surface area contributed by atoms with Gasteiger partial charge in [-0.2, -0.15) is 0 Å². The zero-order valence-electron chi connectivity index (χ0n) is 5.04. The maximum atomic E-state index is 4.85. The number of thiol groups is 1. The van der Waals surface area contributed by atoms with Crippen molar-refractivity contribution in [2.75, 3.05) is 0 Å². The number of rotatable bonds is 1. The Bertz CT molecular complexity index is 240. The lowest BCUT2D eigenvalue weighted by molar-refractivity contribution is 1.63. The van der Waals surface area contributed by atoms with Crippen LogP contribution in [0.3, 0.4) is 0 Å². The predicted octanol–water partition coefficient (Wildman–Crippen LogP) is 3.05. The lowest BCUT2D eigenvalue weighted by Crippen LogP contribution is -1.84. The molecule has 0 heterocycles. The molecule has 1 aromatic carbocycles. The number of benzene rings is 1. The van der Waals surface area contributed by atoms with Gasteiger partial charge in [-0.1, -0.05) is 40.3 Å². The highest BCUT2D eigenvalue weighted by Crippen LogP contribution is 2.12. The number of hydrogen-bond donors (Lipinski definition) is 1. The maximum Gasteiger partial charge on any atom is 0.0747 e. The first kappa shape index (κ1) is 8.24. The van der Waals surface area contributed by atoms with Crippen LogP contribution in [0.15, 0.2) is 28.7 Å². The van der Waals surface area contributed by atoms with Gasteiger partial charge in [0.15, 0.2) is 0 Å². The lowest BCUT2D eigenvalue weighted by atomic mass is 10.2. The molecule has 3 heteroatoms. The molecule has 10 heavy (non-hydrogen) atoms. The van der Waals surface area contributed by atoms with E-state index in [1.165, 1.54) is 0 Å². The second kappa shape index (κ2) is 3.51. The SMILES string of the molecule is S=C(S)c1ccc(Br)cc1. The topological polar surface area (TPSA) is 0 Å². The molecule has 0 radical (unpaired) electrons. The molecule has 0 aromatic heterocycles. The molecule has 0 N–H and O–H groups in total. The van der Waals surface area contributed by atoms with Gasteiger partial charge >= 0.3 is 0 Å². The van der Waals surface area contributed by atoms with Gasteiger partial charge in [-0.3, -0.25) is 0 Å². The van der Waals surface area contributed by atoms with E-state index in [1.807, 2.05) is 24.3 Å². The highest BCUT2D eigenvalue weighted by atomic mass is 79.9. The standard InChI is InChI=1S/C7H5BrS2/c8-6-3-1-5(2-4-6)7(9)10/h1-4H,(H,9,10). The molecule has 52 valence electrons. The molecule has 0 bridgehead atoms. The van der Waals surface area contributed by atoms with Crippen molar-refractivity contribution in [2.45, 2.75) is 0 Å². The minimum Gasteiger partial charge on any atom is -0.131 e. The molecule has 1 rings (SSSR count). The summed E-state index contributed by atoms with van der Waals surface area (Å²) in [4.78, 5) is 0. The Morgan fingerprint density at radius 3 is 2.20 bits per heavy atom. The van der Waals surface area contributed by atoms with Gasteiger partial charge in [-0.05, 0) is 17.7 Å². The summed E-state index contributed by atoms with van der Waals surface area (Å²) in [7, 11) is 0. The first-order valence-corrected chi connectivity index (χ1v) is 4.34. The van der Waals surface area contributed by atoms with Crippen LogP contribution in [-0.2, 0) is 0 Å². The first-order valence-electron chi connectivity index (χ1n) is 2.69. The quantitative estimate of drug-likeness (QED) is 0.574. The summed E-state index contributed by atoms with van der Waals surface area (Å²) in [5.74, 6) is 0. The average molecular weight is 233 g/mol. The van der Waals surface area contributed by atoms with Gasteiger partial charge in [0.05, 0.1) is 4.20 Å². The van der Waals surface area contributed by atoms with E-state index in [-0.39, 0.29) is 0 Å². The van der Waals surface area contributed by atoms with Gasteiger partial charge in [-0.15, -0.1) is 12.6 Å². The molecule has 0 atom stereocenters. The molecular formula is C7H5BrS2. The Labute approximate surface area is 79.2 Å². The van der Waals surface area contributed by atoms with Crippen LogP contribution >= 0.6 is 40.8 Å². The summed E-state index contributed by atoms with van der Waals surface area (Å²) >= 11 is 12.2. The largest absolute Gasteiger partial charge is 0.131 e. The van der Waals surface area contributed by atoms with Gasteiger partial charge < -0.3 is 0 Å². The molecule has 0 amide bonds. The summed E-state index contributed by atoms with van der Waals surface area (Å²) in [5, 5.41) is 0. The summed E-state index contributed by atoms with van der Waals surface area (Å²) < 4.78 is 1.69. The highest BCUT2D eigenvalue weighted by molar-refractivity contribution is 9.10. The zero-order valence-corrected chi connectivity index (χ0v) is 8.34. The molecule has 0 aliphatic rings. The zero-order chi connectivity index (χ0) is 7.56. The second-order valence-corrected chi connectivity index (χ2v) is 3.89. The van der Waals surface area contributed by atoms with E-state index in [1.54, 1.807) is 0 Å². The molecule has 0 nitrogen and oxygen atoms in total. The van der Waals surface area contributed by atoms with Gasteiger partial charge in [0.25, 0.3) is 0 Å². The van der Waals surface area contributed by atoms with Crippen LogP contribution in [0.1, 0.15) is 5.56 Å². The van der Waals surface area contributed by atoms with Crippen molar-refractivity contribution < 1.29 is 0 Å². The van der Waals surface area contributed by atoms with Crippen molar-refractivity contribution >= 4 is 45.0 Å². The molecular weight excluding hydrogens is 228 g/mol. The van der Waals surface area contributed by atoms with Crippen LogP contribution in [0, 0.1) is 0 Å². The molecule has 0 spiro atoms. The summed E-state index contributed by atoms with van der Waals surface area (Å²) in [6, 6.07) is 7.74. The van der Waals surface area contributed by atoms with Crippen molar-refractivity contribution in [3.05, 3.63) is 34.3 Å². The Balaban J connectivity index is 3.00. The van der Waals surface area contributed by atoms with E-state index in [0.29, 0.717) is 4.20 Å². The second-order valence-electron chi connectivity index (χ2n) is 1.81. The molecule has 0 aliphatic heterocycles. The molecule has 0 unspecified atom stereocenters. The van der Waals surface area contributed by atoms with Crippen molar-refractivity contribution in [2.24, 2.45) is 0 Å². The number of hydrogen-bond acceptors (Lipinski definition) is 1. The number of halogens is 1. The third kappa shape index (κ3) is 2.08. The van der Waals surface area contributed by atoms with Crippen molar-refractivity contribution in [1.29, 1.82) is 0 Å². The summed E-state index contributed by atoms with van der Waals surface area (Å²) in [5.41, 5.74) is 0.988. The third-order valence-electron chi connectivity index (χ3n) is 1.09. The Morgan fingerprint density at radius 2 is 1.80 bits per heavy atom. The van der Waals surface area contributed by atoms with Gasteiger partial charge in [0.2, 0.25) is 0 Å². The van der Waals surface area contributed by atoms with E-state index in [2.05, 4.69) is 28.6 Å². The minimum absolute atomic E-state index is 0.632. The lowest BCUT2D eigenvalue weighted by Gasteiger charge is -1.94. The fourth-order valence-corrected chi connectivity index (χ4v) is 1.14. The smallest absolute Gasteiger partial charge is 0.0747 e. The van der Waals surface area contributed by atoms with E-state index >= 15 is 0 Å². The monoisotopic (exact) mass is 232 g/mol. The van der Waals surface area contributed by atoms with Crippen LogP contribution in [-0.4, -0.2) is 4.20 Å². The Hall–Kier alpha value is 0.140. The van der Waals surface area contributed by atoms with Crippen LogP contribution in [0.2, 0.25) is 0 Å². The highest BCUT2D eigenvalue weighted by Gasteiger charge is 1.93. The average Bonchev–Trinajstić information content (AvgIpc) is 1.88. The van der Waals surface area contributed by atoms with E-state index in [4.69, 9.17) is 12.2 Å². The Morgan fingerprint density at radius 1 is 1.30 bits per heavy atom. The number of thiocarbonyl (C=S) groups is 1. The molecule has 0 saturated carbocycles. The molecule has 0 fully saturated rings. The first-order chi connectivity index (χ1) is 4.70. The Kier molecular flexibility index (Phi) is 2.89. The predicted molar refractivity (Wildman–Crippen MR) is 54.8 cm³/mol. The fraction of sp³-hybridized carbons (Fsp3) is 0. The van der Waals surface area contributed by atoms with Crippen molar-refractivity contribution in [3.63, 3.8) is 0 Å². The van der Waals surface area contributed by atoms with Crippen molar-refractivity contribution in [3.8, 4) is 0 Å². The fourth-order valence-electron chi connectivity index (χ4n) is 0.592. The summed E-state index contributed by atoms with van der Waals surface area (Å²) in [6.45, 7) is 0. The van der Waals surface area contributed by atoms with Crippen LogP contribution in [0.5, 0.6) is 0 Å². The van der Waals surface area contributed by atoms with Gasteiger partial charge in [0, 0.05) is 4.47 Å². The van der Waals surface area contributed by atoms with Crippen LogP contribution < -0.4 is 0 Å². The minimum atomic E-state index is 0.632. The normalized spacial score (nSPS) is 9.40. The van der Waals surface area contributed by atoms with Crippen LogP contribution in [0.25, 0.3) is 0 Å². The molecule has 1 aromatic rings. The molecule has 0 aliphatic carbocycles. The third-order valence-corrected chi connectivity index (χ3v) is 2.11. The maximum absolute atomic E-state index is 4.85. The van der Waals surface area contributed by atoms with E-state index < -0.39 is 0 Å². The molecule has 0 saturated heterocycles. The van der Waals surface area contributed by atoms with E-state index in [0.717, 1.165) is 10.0 Å². The van der Waals surface area contributed by atoms with Gasteiger partial charge in [0.1, 0.15) is 0 Å². The van der Waals surface area contributed by atoms with Crippen molar-refractivity contribution in [1.82, 2.24) is 0 Å². The summed E-state index contributed by atoms with van der Waals surface area (Å²) in [6.07, 6.45) is 0. The van der Waals surface area contributed by atoms with Crippen LogP contribution in [0.4, 0.5) is 0 Å².